The summed E-state index contributed by atoms with van der Waals surface area (Å²) < 4.78 is 20.1. The molecule has 0 radical (unpaired) electrons. The highest BCUT2D eigenvalue weighted by Crippen LogP contribution is 2.33. The number of hydrogen-bond acceptors (Lipinski definition) is 22. The molecule has 12 aromatic rings. The number of aryl methyl sites for hydroxylation is 2. The van der Waals surface area contributed by atoms with Crippen molar-refractivity contribution in [2.45, 2.75) is 84.0 Å². The van der Waals surface area contributed by atoms with Gasteiger partial charge in [-0.25, -0.2) is 64.2 Å². The van der Waals surface area contributed by atoms with E-state index < -0.39 is 5.82 Å². The number of rotatable bonds is 21. The highest BCUT2D eigenvalue weighted by molar-refractivity contribution is 7.59. The predicted molar refractivity (Wildman–Crippen MR) is 418 cm³/mol. The topological polar surface area (TPSA) is 326 Å². The average Bonchev–Trinajstić information content (AvgIpc) is 0.786. The molecular formula is C75H84FN21O4S3. The van der Waals surface area contributed by atoms with Gasteiger partial charge in [0.15, 0.2) is 0 Å². The van der Waals surface area contributed by atoms with E-state index in [0.29, 0.717) is 53.7 Å². The van der Waals surface area contributed by atoms with E-state index in [9.17, 15) is 18.8 Å². The van der Waals surface area contributed by atoms with Crippen molar-refractivity contribution in [3.63, 3.8) is 0 Å². The van der Waals surface area contributed by atoms with Gasteiger partial charge in [-0.2, -0.15) is 40.5 Å². The van der Waals surface area contributed by atoms with Crippen LogP contribution in [0.2, 0.25) is 0 Å². The molecule has 538 valence electrons. The van der Waals surface area contributed by atoms with Crippen LogP contribution in [0.4, 0.5) is 21.8 Å². The quantitative estimate of drug-likeness (QED) is 0.0389. The van der Waals surface area contributed by atoms with Gasteiger partial charge in [0.25, 0.3) is 17.7 Å². The second-order valence-electron chi connectivity index (χ2n) is 24.1. The SMILES string of the molecule is CCc1ncc(-c2cc(NC[C@@H](C)c3ccc(F)c4c(C(=O)NC)ccnc34)ncn2)cn1.CCc1ncc(-c2cc(NC[C@@H](C)c3cccc4c(C(=O)NC)ccnc34)ncn2)cn1.CNC(=O)c1ccnc2c([C@H](C)CNc3cc(-c4cnc(C5CCOCC5)nc4)ncn3)cccc12.S.S.S. The number of para-hydroxylation sites is 2. The monoisotopic (exact) mass is 1460 g/mol. The Morgan fingerprint density at radius 1 is 0.452 bits per heavy atom. The van der Waals surface area contributed by atoms with Crippen molar-refractivity contribution < 1.29 is 23.5 Å². The van der Waals surface area contributed by atoms with Crippen LogP contribution in [0, 0.1) is 5.82 Å². The molecule has 1 aliphatic heterocycles. The maximum absolute atomic E-state index is 14.6. The van der Waals surface area contributed by atoms with Crippen molar-refractivity contribution in [1.29, 1.82) is 0 Å². The van der Waals surface area contributed by atoms with Crippen LogP contribution < -0.4 is 31.9 Å². The Morgan fingerprint density at radius 3 is 1.21 bits per heavy atom. The lowest BCUT2D eigenvalue weighted by atomic mass is 9.95. The van der Waals surface area contributed by atoms with Crippen molar-refractivity contribution in [1.82, 2.24) is 90.7 Å². The minimum atomic E-state index is -0.475. The molecule has 1 fully saturated rings. The Morgan fingerprint density at radius 2 is 0.817 bits per heavy atom. The van der Waals surface area contributed by atoms with E-state index in [2.05, 4.69) is 127 Å². The fourth-order valence-corrected chi connectivity index (χ4v) is 11.7. The molecule has 0 aliphatic carbocycles. The first kappa shape index (κ1) is 78.8. The van der Waals surface area contributed by atoms with Crippen molar-refractivity contribution in [3.8, 4) is 33.8 Å². The first-order valence-corrected chi connectivity index (χ1v) is 33.4. The maximum Gasteiger partial charge on any atom is 0.251 e. The molecule has 1 saturated heterocycles. The first-order valence-electron chi connectivity index (χ1n) is 33.4. The number of aromatic nitrogens is 15. The standard InChI is InChI=1S/C27H29N7O2.C24H24FN7O.C24H25N7O.3H2S/c1-17(20-4-3-5-21-22(27(35)28-2)6-9-29-25(20)21)13-30-24-12-23(33-16-34-24)19-14-31-26(32-15-19)18-7-10-36-11-8-18;1-4-20-29-11-15(12-30-20)19-9-21(32-13-31-19)28-10-14(2)16-5-6-18(25)22-17(24(33)26-3)7-8-27-23(16)22;1-4-21-28-12-16(13-29-21)20-10-22(31-14-30-20)27-11-15(2)17-6-5-7-18-19(24(32)25-3)8-9-26-23(17)18;;;/h3-6,9,12,14-18H,7-8,10-11,13H2,1-2H3,(H,28,35)(H,30,33,34);5-9,11-14H,4,10H2,1-3H3,(H,26,33)(H,28,31,32);5-10,12-15H,4,11H2,1-3H3,(H,25,32)(H,27,30,31);3*1H2/t17-;14-;15-;;;/m111.../s1. The number of benzene rings is 3. The van der Waals surface area contributed by atoms with Gasteiger partial charge in [-0.05, 0) is 53.8 Å². The van der Waals surface area contributed by atoms with Gasteiger partial charge in [0.05, 0.1) is 50.3 Å². The number of hydrogen-bond donors (Lipinski definition) is 6. The summed E-state index contributed by atoms with van der Waals surface area (Å²) in [5, 5.41) is 20.0. The zero-order valence-electron chi connectivity index (χ0n) is 58.9. The van der Waals surface area contributed by atoms with Crippen LogP contribution in [-0.2, 0) is 17.6 Å². The number of ether oxygens (including phenoxy) is 1. The van der Waals surface area contributed by atoms with Gasteiger partial charge in [-0.3, -0.25) is 29.3 Å². The normalized spacial score (nSPS) is 12.6. The van der Waals surface area contributed by atoms with Crippen LogP contribution in [0.5, 0.6) is 0 Å². The number of carbonyl (C=O) groups is 3. The van der Waals surface area contributed by atoms with Crippen LogP contribution >= 0.6 is 40.5 Å². The van der Waals surface area contributed by atoms with Gasteiger partial charge >= 0.3 is 0 Å². The zero-order valence-corrected chi connectivity index (χ0v) is 61.9. The zero-order chi connectivity index (χ0) is 70.8. The summed E-state index contributed by atoms with van der Waals surface area (Å²) in [7, 11) is 4.78. The van der Waals surface area contributed by atoms with Crippen molar-refractivity contribution in [2.75, 3.05) is 69.9 Å². The minimum absolute atomic E-state index is 0. The molecule has 3 atom stereocenters. The van der Waals surface area contributed by atoms with E-state index in [4.69, 9.17) is 4.74 Å². The molecule has 3 aromatic carbocycles. The summed E-state index contributed by atoms with van der Waals surface area (Å²) in [4.78, 5) is 103. The molecule has 0 bridgehead atoms. The van der Waals surface area contributed by atoms with Crippen LogP contribution in [-0.4, -0.2) is 146 Å². The van der Waals surface area contributed by atoms with Crippen molar-refractivity contribution in [2.24, 2.45) is 0 Å². The number of nitrogens with one attached hydrogen (secondary N) is 6. The van der Waals surface area contributed by atoms with Gasteiger partial charge in [0.1, 0.15) is 59.7 Å². The number of fused-ring (bicyclic) bond motifs is 3. The molecule has 0 saturated carbocycles. The number of carbonyl (C=O) groups excluding carboxylic acids is 3. The summed E-state index contributed by atoms with van der Waals surface area (Å²) in [6.45, 7) is 13.6. The number of anilines is 3. The van der Waals surface area contributed by atoms with E-state index in [-0.39, 0.29) is 86.9 Å². The Balaban J connectivity index is 0.000000195. The van der Waals surface area contributed by atoms with Crippen LogP contribution in [0.1, 0.15) is 136 Å². The van der Waals surface area contributed by atoms with Gasteiger partial charge < -0.3 is 36.6 Å². The lowest BCUT2D eigenvalue weighted by molar-refractivity contribution is 0.0835. The fourth-order valence-electron chi connectivity index (χ4n) is 11.7. The minimum Gasteiger partial charge on any atom is -0.381 e. The summed E-state index contributed by atoms with van der Waals surface area (Å²) in [5.74, 6) is 4.05. The van der Waals surface area contributed by atoms with Crippen molar-refractivity contribution in [3.05, 3.63) is 216 Å². The van der Waals surface area contributed by atoms with E-state index >= 15 is 0 Å². The number of pyridine rings is 3. The molecular weight excluding hydrogens is 1370 g/mol. The number of halogens is 1. The third kappa shape index (κ3) is 19.0. The summed E-state index contributed by atoms with van der Waals surface area (Å²) in [6, 6.07) is 25.6. The van der Waals surface area contributed by atoms with E-state index in [1.54, 1.807) is 75.8 Å². The van der Waals surface area contributed by atoms with Crippen molar-refractivity contribution >= 4 is 108 Å². The van der Waals surface area contributed by atoms with Gasteiger partial charge in [-0.15, -0.1) is 0 Å². The van der Waals surface area contributed by atoms with E-state index in [1.807, 2.05) is 81.7 Å². The Bertz CT molecular complexity index is 4870. The molecule has 6 N–H and O–H groups in total. The molecule has 10 heterocycles. The Kier molecular flexibility index (Phi) is 28.7. The van der Waals surface area contributed by atoms with Crippen LogP contribution in [0.3, 0.4) is 0 Å². The average molecular weight is 1460 g/mol. The molecule has 1 aliphatic rings. The smallest absolute Gasteiger partial charge is 0.251 e. The largest absolute Gasteiger partial charge is 0.381 e. The summed E-state index contributed by atoms with van der Waals surface area (Å²) in [6.07, 6.45) is 23.7. The summed E-state index contributed by atoms with van der Waals surface area (Å²) >= 11 is 0. The Hall–Kier alpha value is -10.9. The second-order valence-corrected chi connectivity index (χ2v) is 24.1. The third-order valence-electron chi connectivity index (χ3n) is 17.4. The molecule has 104 heavy (non-hydrogen) atoms. The Labute approximate surface area is 623 Å². The van der Waals surface area contributed by atoms with E-state index in [1.165, 1.54) is 38.0 Å². The van der Waals surface area contributed by atoms with E-state index in [0.717, 1.165) is 135 Å². The molecule has 0 unspecified atom stereocenters. The van der Waals surface area contributed by atoms with Gasteiger partial charge in [0, 0.05) is 197 Å². The molecule has 3 amide bonds. The fraction of sp³-hybridized carbons (Fsp3) is 0.280. The molecule has 13 rings (SSSR count). The van der Waals surface area contributed by atoms with Crippen LogP contribution in [0.25, 0.3) is 66.5 Å². The number of amides is 3. The molecule has 9 aromatic heterocycles. The molecule has 29 heteroatoms. The highest BCUT2D eigenvalue weighted by Gasteiger charge is 2.23. The highest BCUT2D eigenvalue weighted by atomic mass is 32.1. The predicted octanol–water partition coefficient (Wildman–Crippen LogP) is 11.7. The van der Waals surface area contributed by atoms with Gasteiger partial charge in [-0.1, -0.05) is 77.1 Å². The third-order valence-corrected chi connectivity index (χ3v) is 17.4. The lowest BCUT2D eigenvalue weighted by Gasteiger charge is -2.20. The summed E-state index contributed by atoms with van der Waals surface area (Å²) in [5.41, 5.74) is 11.4. The number of nitrogens with zero attached hydrogens (tertiary/aromatic N) is 15. The lowest BCUT2D eigenvalue weighted by Crippen LogP contribution is -2.19. The van der Waals surface area contributed by atoms with Gasteiger partial charge in [0.2, 0.25) is 0 Å². The van der Waals surface area contributed by atoms with Crippen LogP contribution in [0.15, 0.2) is 160 Å². The molecule has 25 nitrogen and oxygen atoms in total. The molecule has 0 spiro atoms. The maximum atomic E-state index is 14.6. The first-order chi connectivity index (χ1) is 49.2. The second kappa shape index (κ2) is 37.9.